The smallest absolute Gasteiger partial charge is 0.337 e. The van der Waals surface area contributed by atoms with Gasteiger partial charge in [0.2, 0.25) is 0 Å². The van der Waals surface area contributed by atoms with Crippen molar-refractivity contribution in [1.82, 2.24) is 4.98 Å². The molecule has 3 nitrogen and oxygen atoms in total. The zero-order chi connectivity index (χ0) is 14.7. The summed E-state index contributed by atoms with van der Waals surface area (Å²) in [5, 5.41) is 9.51. The molecule has 1 aromatic carbocycles. The molecule has 1 aliphatic carbocycles. The van der Waals surface area contributed by atoms with Gasteiger partial charge in [0.05, 0.1) is 5.56 Å². The average Bonchev–Trinajstić information content (AvgIpc) is 2.55. The molecule has 1 fully saturated rings. The highest BCUT2D eigenvalue weighted by molar-refractivity contribution is 5.96. The van der Waals surface area contributed by atoms with Gasteiger partial charge in [-0.05, 0) is 29.9 Å². The highest BCUT2D eigenvalue weighted by Crippen LogP contribution is 2.39. The minimum Gasteiger partial charge on any atom is -0.478 e. The van der Waals surface area contributed by atoms with Gasteiger partial charge in [0.1, 0.15) is 0 Å². The van der Waals surface area contributed by atoms with Gasteiger partial charge in [0.25, 0.3) is 0 Å². The molecule has 1 heterocycles. The van der Waals surface area contributed by atoms with Gasteiger partial charge in [0, 0.05) is 18.0 Å². The van der Waals surface area contributed by atoms with Crippen LogP contribution >= 0.6 is 0 Å². The minimum absolute atomic E-state index is 0.310. The maximum atomic E-state index is 11.6. The van der Waals surface area contributed by atoms with Crippen LogP contribution in [-0.4, -0.2) is 16.1 Å². The van der Waals surface area contributed by atoms with Crippen molar-refractivity contribution in [2.24, 2.45) is 0 Å². The standard InChI is InChI=1S/C18H19NO2/c20-18(21)16-12-19-11-15(13-7-3-1-4-8-13)17(16)14-9-5-2-6-10-14/h2,5-6,9-13H,1,3-4,7-8H2,(H,20,21). The van der Waals surface area contributed by atoms with Crippen LogP contribution in [0.5, 0.6) is 0 Å². The van der Waals surface area contributed by atoms with E-state index in [2.05, 4.69) is 4.98 Å². The van der Waals surface area contributed by atoms with E-state index < -0.39 is 5.97 Å². The summed E-state index contributed by atoms with van der Waals surface area (Å²) < 4.78 is 0. The Morgan fingerprint density at radius 3 is 2.43 bits per heavy atom. The molecule has 0 atom stereocenters. The summed E-state index contributed by atoms with van der Waals surface area (Å²) in [5.41, 5.74) is 3.23. The lowest BCUT2D eigenvalue weighted by Gasteiger charge is -2.25. The largest absolute Gasteiger partial charge is 0.478 e. The van der Waals surface area contributed by atoms with E-state index in [9.17, 15) is 9.90 Å². The molecule has 0 saturated heterocycles. The fraction of sp³-hybridized carbons (Fsp3) is 0.333. The summed E-state index contributed by atoms with van der Waals surface area (Å²) in [6.45, 7) is 0. The van der Waals surface area contributed by atoms with Gasteiger partial charge < -0.3 is 5.11 Å². The van der Waals surface area contributed by atoms with Crippen LogP contribution in [0.4, 0.5) is 0 Å². The van der Waals surface area contributed by atoms with Crippen molar-refractivity contribution in [3.63, 3.8) is 0 Å². The van der Waals surface area contributed by atoms with Gasteiger partial charge in [0.15, 0.2) is 0 Å². The van der Waals surface area contributed by atoms with Crippen molar-refractivity contribution in [2.45, 2.75) is 38.0 Å². The van der Waals surface area contributed by atoms with E-state index in [0.29, 0.717) is 11.5 Å². The van der Waals surface area contributed by atoms with Gasteiger partial charge >= 0.3 is 5.97 Å². The van der Waals surface area contributed by atoms with Gasteiger partial charge in [-0.2, -0.15) is 0 Å². The van der Waals surface area contributed by atoms with Gasteiger partial charge in [-0.25, -0.2) is 4.79 Å². The number of carboxylic acids is 1. The van der Waals surface area contributed by atoms with Gasteiger partial charge in [-0.1, -0.05) is 49.6 Å². The molecular weight excluding hydrogens is 262 g/mol. The molecule has 3 heteroatoms. The van der Waals surface area contributed by atoms with E-state index in [-0.39, 0.29) is 0 Å². The Bertz CT molecular complexity index is 631. The summed E-state index contributed by atoms with van der Waals surface area (Å²) in [7, 11) is 0. The third-order valence-corrected chi connectivity index (χ3v) is 4.31. The summed E-state index contributed by atoms with van der Waals surface area (Å²) in [4.78, 5) is 15.8. The fourth-order valence-electron chi connectivity index (χ4n) is 3.29. The second kappa shape index (κ2) is 6.08. The number of carbonyl (C=O) groups is 1. The second-order valence-electron chi connectivity index (χ2n) is 5.66. The zero-order valence-electron chi connectivity index (χ0n) is 12.0. The van der Waals surface area contributed by atoms with Gasteiger partial charge in [-0.3, -0.25) is 4.98 Å². The van der Waals surface area contributed by atoms with Crippen molar-refractivity contribution in [2.75, 3.05) is 0 Å². The molecule has 3 rings (SSSR count). The molecule has 2 aromatic rings. The number of hydrogen-bond donors (Lipinski definition) is 1. The first-order chi connectivity index (χ1) is 10.3. The Morgan fingerprint density at radius 1 is 1.05 bits per heavy atom. The van der Waals surface area contributed by atoms with Crippen LogP contribution in [0.15, 0.2) is 42.7 Å². The predicted molar refractivity (Wildman–Crippen MR) is 82.5 cm³/mol. The molecule has 0 bridgehead atoms. The molecule has 108 valence electrons. The highest BCUT2D eigenvalue weighted by atomic mass is 16.4. The van der Waals surface area contributed by atoms with E-state index in [1.165, 1.54) is 25.5 Å². The summed E-state index contributed by atoms with van der Waals surface area (Å²) >= 11 is 0. The van der Waals surface area contributed by atoms with Crippen LogP contribution in [-0.2, 0) is 0 Å². The number of carboxylic acid groups (broad SMARTS) is 1. The molecule has 1 aliphatic rings. The Labute approximate surface area is 124 Å². The number of pyridine rings is 1. The number of hydrogen-bond acceptors (Lipinski definition) is 2. The molecule has 0 spiro atoms. The quantitative estimate of drug-likeness (QED) is 0.901. The maximum absolute atomic E-state index is 11.6. The number of benzene rings is 1. The lowest BCUT2D eigenvalue weighted by molar-refractivity contribution is 0.0697. The predicted octanol–water partition coefficient (Wildman–Crippen LogP) is 4.49. The monoisotopic (exact) mass is 281 g/mol. The first kappa shape index (κ1) is 13.8. The molecule has 1 aromatic heterocycles. The number of rotatable bonds is 3. The number of nitrogens with zero attached hydrogens (tertiary/aromatic N) is 1. The van der Waals surface area contributed by atoms with Crippen LogP contribution in [0.3, 0.4) is 0 Å². The molecular formula is C18H19NO2. The van der Waals surface area contributed by atoms with Gasteiger partial charge in [-0.15, -0.1) is 0 Å². The molecule has 21 heavy (non-hydrogen) atoms. The van der Waals surface area contributed by atoms with Crippen molar-refractivity contribution in [3.05, 3.63) is 53.9 Å². The molecule has 0 amide bonds. The highest BCUT2D eigenvalue weighted by Gasteiger charge is 2.23. The number of aromatic nitrogens is 1. The summed E-state index contributed by atoms with van der Waals surface area (Å²) in [6.07, 6.45) is 9.31. The van der Waals surface area contributed by atoms with E-state index >= 15 is 0 Å². The summed E-state index contributed by atoms with van der Waals surface area (Å²) in [6, 6.07) is 9.81. The van der Waals surface area contributed by atoms with Crippen LogP contribution in [0.25, 0.3) is 11.1 Å². The SMILES string of the molecule is O=C(O)c1cncc(C2CCCCC2)c1-c1ccccc1. The van der Waals surface area contributed by atoms with E-state index in [0.717, 1.165) is 29.5 Å². The van der Waals surface area contributed by atoms with Crippen molar-refractivity contribution in [1.29, 1.82) is 0 Å². The van der Waals surface area contributed by atoms with Crippen molar-refractivity contribution in [3.8, 4) is 11.1 Å². The van der Waals surface area contributed by atoms with Crippen LogP contribution in [0.1, 0.15) is 53.9 Å². The zero-order valence-corrected chi connectivity index (χ0v) is 12.0. The first-order valence-corrected chi connectivity index (χ1v) is 7.54. The van der Waals surface area contributed by atoms with Crippen LogP contribution in [0, 0.1) is 0 Å². The average molecular weight is 281 g/mol. The second-order valence-corrected chi connectivity index (χ2v) is 5.66. The molecule has 0 radical (unpaired) electrons. The van der Waals surface area contributed by atoms with Crippen LogP contribution < -0.4 is 0 Å². The third kappa shape index (κ3) is 2.82. The van der Waals surface area contributed by atoms with E-state index in [1.54, 1.807) is 0 Å². The number of aromatic carboxylic acids is 1. The van der Waals surface area contributed by atoms with Crippen molar-refractivity contribution < 1.29 is 9.90 Å². The first-order valence-electron chi connectivity index (χ1n) is 7.54. The fourth-order valence-corrected chi connectivity index (χ4v) is 3.29. The molecule has 1 N–H and O–H groups in total. The summed E-state index contributed by atoms with van der Waals surface area (Å²) in [5.74, 6) is -0.472. The third-order valence-electron chi connectivity index (χ3n) is 4.31. The minimum atomic E-state index is -0.904. The lowest BCUT2D eigenvalue weighted by Crippen LogP contribution is -2.10. The molecule has 0 aliphatic heterocycles. The van der Waals surface area contributed by atoms with E-state index in [1.807, 2.05) is 36.5 Å². The maximum Gasteiger partial charge on any atom is 0.337 e. The topological polar surface area (TPSA) is 50.2 Å². The Balaban J connectivity index is 2.15. The Hall–Kier alpha value is -2.16. The Kier molecular flexibility index (Phi) is 4.00. The normalized spacial score (nSPS) is 15.8. The lowest BCUT2D eigenvalue weighted by atomic mass is 9.80. The Morgan fingerprint density at radius 2 is 1.76 bits per heavy atom. The molecule has 0 unspecified atom stereocenters. The van der Waals surface area contributed by atoms with Crippen molar-refractivity contribution >= 4 is 5.97 Å². The van der Waals surface area contributed by atoms with E-state index in [4.69, 9.17) is 0 Å². The van der Waals surface area contributed by atoms with Crippen LogP contribution in [0.2, 0.25) is 0 Å². The molecule has 1 saturated carbocycles.